The normalized spacial score (nSPS) is 16.6. The standard InChI is InChI=1S/C12H17BN2O3/c1-2-11-7-10(13(16)17)8-12(14-11)9-15-3-5-18-6-4-15/h2,7-8,16-17H,1,3-6,9H2. The van der Waals surface area contributed by atoms with E-state index in [4.69, 9.17) is 4.74 Å². The molecule has 96 valence electrons. The molecule has 18 heavy (non-hydrogen) atoms. The van der Waals surface area contributed by atoms with E-state index in [2.05, 4.69) is 16.5 Å². The first-order chi connectivity index (χ1) is 8.69. The SMILES string of the molecule is C=Cc1cc(B(O)O)cc(CN2CCOCC2)n1. The zero-order valence-electron chi connectivity index (χ0n) is 10.2. The van der Waals surface area contributed by atoms with Crippen molar-refractivity contribution in [1.29, 1.82) is 0 Å². The molecule has 2 heterocycles. The summed E-state index contributed by atoms with van der Waals surface area (Å²) in [6.45, 7) is 7.55. The van der Waals surface area contributed by atoms with E-state index in [-0.39, 0.29) is 0 Å². The topological polar surface area (TPSA) is 65.8 Å². The molecular weight excluding hydrogens is 231 g/mol. The molecular formula is C12H17BN2O3. The minimum Gasteiger partial charge on any atom is -0.423 e. The van der Waals surface area contributed by atoms with Crippen LogP contribution in [0.15, 0.2) is 18.7 Å². The smallest absolute Gasteiger partial charge is 0.423 e. The van der Waals surface area contributed by atoms with Gasteiger partial charge in [-0.15, -0.1) is 0 Å². The van der Waals surface area contributed by atoms with Gasteiger partial charge in [0.15, 0.2) is 0 Å². The monoisotopic (exact) mass is 248 g/mol. The van der Waals surface area contributed by atoms with Crippen molar-refractivity contribution in [1.82, 2.24) is 9.88 Å². The van der Waals surface area contributed by atoms with E-state index in [1.165, 1.54) is 0 Å². The molecule has 0 amide bonds. The average molecular weight is 248 g/mol. The first-order valence-electron chi connectivity index (χ1n) is 5.98. The van der Waals surface area contributed by atoms with Crippen LogP contribution in [0.5, 0.6) is 0 Å². The van der Waals surface area contributed by atoms with Gasteiger partial charge in [0, 0.05) is 19.6 Å². The molecule has 0 unspecified atom stereocenters. The zero-order valence-corrected chi connectivity index (χ0v) is 10.2. The van der Waals surface area contributed by atoms with Crippen molar-refractivity contribution in [2.24, 2.45) is 0 Å². The van der Waals surface area contributed by atoms with Crippen LogP contribution in [0.4, 0.5) is 0 Å². The molecule has 0 spiro atoms. The van der Waals surface area contributed by atoms with Crippen molar-refractivity contribution in [2.75, 3.05) is 26.3 Å². The van der Waals surface area contributed by atoms with E-state index in [0.29, 0.717) is 17.7 Å². The summed E-state index contributed by atoms with van der Waals surface area (Å²) in [6.07, 6.45) is 1.61. The highest BCUT2D eigenvalue weighted by Crippen LogP contribution is 2.06. The van der Waals surface area contributed by atoms with Gasteiger partial charge in [-0.1, -0.05) is 6.58 Å². The van der Waals surface area contributed by atoms with Crippen molar-refractivity contribution in [3.63, 3.8) is 0 Å². The maximum absolute atomic E-state index is 9.23. The fourth-order valence-corrected chi connectivity index (χ4v) is 1.96. The van der Waals surface area contributed by atoms with Crippen LogP contribution in [0.3, 0.4) is 0 Å². The lowest BCUT2D eigenvalue weighted by atomic mass is 9.80. The quantitative estimate of drug-likeness (QED) is 0.685. The summed E-state index contributed by atoms with van der Waals surface area (Å²) in [4.78, 5) is 6.63. The molecule has 5 nitrogen and oxygen atoms in total. The third-order valence-corrected chi connectivity index (χ3v) is 2.92. The largest absolute Gasteiger partial charge is 0.488 e. The van der Waals surface area contributed by atoms with Crippen molar-refractivity contribution in [3.05, 3.63) is 30.1 Å². The van der Waals surface area contributed by atoms with Gasteiger partial charge < -0.3 is 14.8 Å². The number of aromatic nitrogens is 1. The fourth-order valence-electron chi connectivity index (χ4n) is 1.96. The molecule has 2 rings (SSSR count). The Labute approximate surface area is 107 Å². The Morgan fingerprint density at radius 3 is 2.72 bits per heavy atom. The predicted octanol–water partition coefficient (Wildman–Crippen LogP) is -0.763. The summed E-state index contributed by atoms with van der Waals surface area (Å²) in [5.41, 5.74) is 1.92. The molecule has 1 aromatic heterocycles. The maximum Gasteiger partial charge on any atom is 0.488 e. The molecule has 1 fully saturated rings. The number of hydrogen-bond donors (Lipinski definition) is 2. The molecule has 0 bridgehead atoms. The molecule has 1 saturated heterocycles. The van der Waals surface area contributed by atoms with Gasteiger partial charge in [-0.3, -0.25) is 9.88 Å². The van der Waals surface area contributed by atoms with E-state index >= 15 is 0 Å². The van der Waals surface area contributed by atoms with Crippen LogP contribution in [-0.2, 0) is 11.3 Å². The number of ether oxygens (including phenoxy) is 1. The van der Waals surface area contributed by atoms with Gasteiger partial charge in [0.2, 0.25) is 0 Å². The van der Waals surface area contributed by atoms with Gasteiger partial charge >= 0.3 is 7.12 Å². The summed E-state index contributed by atoms with van der Waals surface area (Å²) in [7, 11) is -1.48. The van der Waals surface area contributed by atoms with E-state index in [1.54, 1.807) is 18.2 Å². The minimum absolute atomic E-state index is 0.447. The van der Waals surface area contributed by atoms with Crippen LogP contribution >= 0.6 is 0 Å². The molecule has 0 aromatic carbocycles. The molecule has 1 aromatic rings. The number of morpholine rings is 1. The van der Waals surface area contributed by atoms with E-state index in [0.717, 1.165) is 32.0 Å². The van der Waals surface area contributed by atoms with Crippen LogP contribution in [-0.4, -0.2) is 53.4 Å². The number of rotatable bonds is 4. The Hall–Kier alpha value is -1.21. The first-order valence-corrected chi connectivity index (χ1v) is 5.98. The summed E-state index contributed by atoms with van der Waals surface area (Å²) < 4.78 is 5.29. The minimum atomic E-state index is -1.48. The molecule has 0 atom stereocenters. The van der Waals surface area contributed by atoms with E-state index < -0.39 is 7.12 Å². The second-order valence-corrected chi connectivity index (χ2v) is 4.28. The summed E-state index contributed by atoms with van der Waals surface area (Å²) >= 11 is 0. The fraction of sp³-hybridized carbons (Fsp3) is 0.417. The average Bonchev–Trinajstić information content (AvgIpc) is 2.39. The Balaban J connectivity index is 2.15. The number of pyridine rings is 1. The maximum atomic E-state index is 9.23. The lowest BCUT2D eigenvalue weighted by Gasteiger charge is -2.26. The van der Waals surface area contributed by atoms with Gasteiger partial charge in [0.25, 0.3) is 0 Å². The van der Waals surface area contributed by atoms with Gasteiger partial charge in [-0.2, -0.15) is 0 Å². The van der Waals surface area contributed by atoms with Crippen molar-refractivity contribution < 1.29 is 14.8 Å². The van der Waals surface area contributed by atoms with Crippen LogP contribution in [0, 0.1) is 0 Å². The Morgan fingerprint density at radius 1 is 1.39 bits per heavy atom. The zero-order chi connectivity index (χ0) is 13.0. The van der Waals surface area contributed by atoms with Crippen LogP contribution in [0.1, 0.15) is 11.4 Å². The molecule has 2 N–H and O–H groups in total. The number of nitrogens with zero attached hydrogens (tertiary/aromatic N) is 2. The van der Waals surface area contributed by atoms with Crippen molar-refractivity contribution in [2.45, 2.75) is 6.54 Å². The highest BCUT2D eigenvalue weighted by Gasteiger charge is 2.16. The summed E-state index contributed by atoms with van der Waals surface area (Å²) in [6, 6.07) is 3.34. The van der Waals surface area contributed by atoms with Gasteiger partial charge in [0.1, 0.15) is 0 Å². The molecule has 6 heteroatoms. The summed E-state index contributed by atoms with van der Waals surface area (Å²) in [5, 5.41) is 18.5. The van der Waals surface area contributed by atoms with E-state index in [1.807, 2.05) is 0 Å². The third-order valence-electron chi connectivity index (χ3n) is 2.92. The Kier molecular flexibility index (Phi) is 4.49. The molecule has 1 aliphatic heterocycles. The van der Waals surface area contributed by atoms with Gasteiger partial charge in [-0.05, 0) is 23.7 Å². The molecule has 0 saturated carbocycles. The first kappa shape index (κ1) is 13.2. The lowest BCUT2D eigenvalue weighted by molar-refractivity contribution is 0.0336. The van der Waals surface area contributed by atoms with Gasteiger partial charge in [-0.25, -0.2) is 0 Å². The highest BCUT2D eigenvalue weighted by molar-refractivity contribution is 6.58. The van der Waals surface area contributed by atoms with Crippen molar-refractivity contribution >= 4 is 18.7 Å². The molecule has 0 radical (unpaired) electrons. The lowest BCUT2D eigenvalue weighted by Crippen LogP contribution is -2.37. The Morgan fingerprint density at radius 2 is 2.11 bits per heavy atom. The van der Waals surface area contributed by atoms with Crippen LogP contribution in [0.2, 0.25) is 0 Å². The highest BCUT2D eigenvalue weighted by atomic mass is 16.5. The third kappa shape index (κ3) is 3.40. The van der Waals surface area contributed by atoms with Crippen LogP contribution in [0.25, 0.3) is 6.08 Å². The Bertz CT molecular complexity index is 420. The number of hydrogen-bond acceptors (Lipinski definition) is 5. The summed E-state index contributed by atoms with van der Waals surface area (Å²) in [5.74, 6) is 0. The second kappa shape index (κ2) is 6.11. The van der Waals surface area contributed by atoms with E-state index in [9.17, 15) is 10.0 Å². The second-order valence-electron chi connectivity index (χ2n) is 4.28. The van der Waals surface area contributed by atoms with Crippen LogP contribution < -0.4 is 5.46 Å². The predicted molar refractivity (Wildman–Crippen MR) is 70.2 cm³/mol. The van der Waals surface area contributed by atoms with Gasteiger partial charge in [0.05, 0.1) is 24.6 Å². The molecule has 0 aliphatic carbocycles. The molecule has 1 aliphatic rings. The van der Waals surface area contributed by atoms with Crippen molar-refractivity contribution in [3.8, 4) is 0 Å².